The fourth-order valence-corrected chi connectivity index (χ4v) is 2.54. The SMILES string of the molecule is CCCCCCCCCCc1ccc(C(N)C(F)(F)F)cc1. The molecule has 0 heterocycles. The second-order valence-corrected chi connectivity index (χ2v) is 5.99. The first-order valence-corrected chi connectivity index (χ1v) is 8.36. The van der Waals surface area contributed by atoms with Gasteiger partial charge < -0.3 is 5.73 Å². The summed E-state index contributed by atoms with van der Waals surface area (Å²) in [4.78, 5) is 0. The van der Waals surface area contributed by atoms with Crippen LogP contribution in [0.5, 0.6) is 0 Å². The minimum atomic E-state index is -4.38. The van der Waals surface area contributed by atoms with Crippen LogP contribution in [0, 0.1) is 0 Å². The van der Waals surface area contributed by atoms with Crippen molar-refractivity contribution in [3.63, 3.8) is 0 Å². The Morgan fingerprint density at radius 2 is 1.36 bits per heavy atom. The van der Waals surface area contributed by atoms with Crippen LogP contribution in [0.15, 0.2) is 24.3 Å². The number of unbranched alkanes of at least 4 members (excludes halogenated alkanes) is 7. The number of halogens is 3. The smallest absolute Gasteiger partial charge is 0.316 e. The number of hydrogen-bond donors (Lipinski definition) is 1. The fourth-order valence-electron chi connectivity index (χ4n) is 2.54. The van der Waals surface area contributed by atoms with Gasteiger partial charge >= 0.3 is 6.18 Å². The second-order valence-electron chi connectivity index (χ2n) is 5.99. The summed E-state index contributed by atoms with van der Waals surface area (Å²) >= 11 is 0. The van der Waals surface area contributed by atoms with Crippen molar-refractivity contribution in [3.8, 4) is 0 Å². The summed E-state index contributed by atoms with van der Waals surface area (Å²) < 4.78 is 37.5. The van der Waals surface area contributed by atoms with Gasteiger partial charge in [-0.15, -0.1) is 0 Å². The Hall–Kier alpha value is -1.03. The molecule has 1 atom stereocenters. The van der Waals surface area contributed by atoms with Crippen molar-refractivity contribution in [2.75, 3.05) is 0 Å². The molecule has 0 amide bonds. The Bertz CT molecular complexity index is 398. The molecule has 0 fully saturated rings. The van der Waals surface area contributed by atoms with Crippen LogP contribution in [0.25, 0.3) is 0 Å². The van der Waals surface area contributed by atoms with Crippen molar-refractivity contribution in [2.45, 2.75) is 76.9 Å². The lowest BCUT2D eigenvalue weighted by Crippen LogP contribution is -2.28. The number of alkyl halides is 3. The third kappa shape index (κ3) is 7.30. The van der Waals surface area contributed by atoms with E-state index in [4.69, 9.17) is 5.73 Å². The van der Waals surface area contributed by atoms with Crippen LogP contribution in [0.3, 0.4) is 0 Å². The van der Waals surface area contributed by atoms with Crippen LogP contribution in [-0.4, -0.2) is 6.18 Å². The van der Waals surface area contributed by atoms with Crippen molar-refractivity contribution in [3.05, 3.63) is 35.4 Å². The minimum Gasteiger partial charge on any atom is -0.316 e. The molecule has 1 aromatic carbocycles. The zero-order valence-corrected chi connectivity index (χ0v) is 13.5. The number of rotatable bonds is 10. The largest absolute Gasteiger partial charge is 0.407 e. The number of aryl methyl sites for hydroxylation is 1. The zero-order valence-electron chi connectivity index (χ0n) is 13.5. The predicted molar refractivity (Wildman–Crippen MR) is 85.7 cm³/mol. The fraction of sp³-hybridized carbons (Fsp3) is 0.667. The highest BCUT2D eigenvalue weighted by atomic mass is 19.4. The molecule has 0 aromatic heterocycles. The quantitative estimate of drug-likeness (QED) is 0.532. The lowest BCUT2D eigenvalue weighted by molar-refractivity contribution is -0.149. The van der Waals surface area contributed by atoms with Gasteiger partial charge in [0.2, 0.25) is 0 Å². The first-order chi connectivity index (χ1) is 10.4. The molecule has 1 nitrogen and oxygen atoms in total. The topological polar surface area (TPSA) is 26.0 Å². The van der Waals surface area contributed by atoms with E-state index in [1.807, 2.05) is 0 Å². The highest BCUT2D eigenvalue weighted by Gasteiger charge is 2.37. The molecule has 0 aliphatic heterocycles. The number of hydrogen-bond acceptors (Lipinski definition) is 1. The molecular formula is C18H28F3N. The van der Waals surface area contributed by atoms with Crippen molar-refractivity contribution in [2.24, 2.45) is 5.73 Å². The van der Waals surface area contributed by atoms with Crippen molar-refractivity contribution >= 4 is 0 Å². The highest BCUT2D eigenvalue weighted by molar-refractivity contribution is 5.25. The van der Waals surface area contributed by atoms with E-state index >= 15 is 0 Å². The lowest BCUT2D eigenvalue weighted by Gasteiger charge is -2.16. The molecule has 4 heteroatoms. The maximum atomic E-state index is 12.5. The average molecular weight is 315 g/mol. The molecule has 22 heavy (non-hydrogen) atoms. The van der Waals surface area contributed by atoms with Crippen LogP contribution < -0.4 is 5.73 Å². The average Bonchev–Trinajstić information content (AvgIpc) is 2.49. The summed E-state index contributed by atoms with van der Waals surface area (Å²) in [6, 6.07) is 4.64. The molecule has 0 aliphatic rings. The molecule has 0 saturated carbocycles. The van der Waals surface area contributed by atoms with E-state index in [2.05, 4.69) is 6.92 Å². The summed E-state index contributed by atoms with van der Waals surface area (Å²) in [5.74, 6) is 0. The summed E-state index contributed by atoms with van der Waals surface area (Å²) in [5, 5.41) is 0. The Morgan fingerprint density at radius 3 is 1.86 bits per heavy atom. The van der Waals surface area contributed by atoms with E-state index in [-0.39, 0.29) is 5.56 Å². The van der Waals surface area contributed by atoms with E-state index in [0.29, 0.717) is 0 Å². The second kappa shape index (κ2) is 9.88. The molecule has 126 valence electrons. The maximum absolute atomic E-state index is 12.5. The Morgan fingerprint density at radius 1 is 0.864 bits per heavy atom. The number of nitrogens with two attached hydrogens (primary N) is 1. The van der Waals surface area contributed by atoms with Gasteiger partial charge in [-0.1, -0.05) is 76.1 Å². The monoisotopic (exact) mass is 315 g/mol. The van der Waals surface area contributed by atoms with Crippen molar-refractivity contribution in [1.82, 2.24) is 0 Å². The van der Waals surface area contributed by atoms with Crippen molar-refractivity contribution < 1.29 is 13.2 Å². The lowest BCUT2D eigenvalue weighted by atomic mass is 10.0. The van der Waals surface area contributed by atoms with E-state index in [1.54, 1.807) is 12.1 Å². The molecule has 1 rings (SSSR count). The van der Waals surface area contributed by atoms with Gasteiger partial charge in [-0.3, -0.25) is 0 Å². The normalized spacial score (nSPS) is 13.3. The first kappa shape index (κ1) is 19.0. The van der Waals surface area contributed by atoms with Gasteiger partial charge in [-0.2, -0.15) is 13.2 Å². The summed E-state index contributed by atoms with van der Waals surface area (Å²) in [6.07, 6.45) is 6.62. The van der Waals surface area contributed by atoms with Gasteiger partial charge in [0, 0.05) is 0 Å². The third-order valence-electron chi connectivity index (χ3n) is 4.01. The zero-order chi connectivity index (χ0) is 16.4. The first-order valence-electron chi connectivity index (χ1n) is 8.36. The minimum absolute atomic E-state index is 0.132. The van der Waals surface area contributed by atoms with Gasteiger partial charge in [-0.05, 0) is 24.0 Å². The standard InChI is InChI=1S/C18H28F3N/c1-2-3-4-5-6-7-8-9-10-15-11-13-16(14-12-15)17(22)18(19,20)21/h11-14,17H,2-10,22H2,1H3. The van der Waals surface area contributed by atoms with Crippen LogP contribution in [0.1, 0.15) is 75.5 Å². The molecule has 2 N–H and O–H groups in total. The molecule has 1 unspecified atom stereocenters. The van der Waals surface area contributed by atoms with E-state index < -0.39 is 12.2 Å². The summed E-state index contributed by atoms with van der Waals surface area (Å²) in [6.45, 7) is 2.22. The molecular weight excluding hydrogens is 287 g/mol. The summed E-state index contributed by atoms with van der Waals surface area (Å²) in [5.41, 5.74) is 6.41. The molecule has 1 aromatic rings. The van der Waals surface area contributed by atoms with Crippen LogP contribution in [-0.2, 0) is 6.42 Å². The Kier molecular flexibility index (Phi) is 8.54. The van der Waals surface area contributed by atoms with Gasteiger partial charge in [0.05, 0.1) is 0 Å². The Balaban J connectivity index is 2.22. The van der Waals surface area contributed by atoms with Gasteiger partial charge in [0.1, 0.15) is 6.04 Å². The highest BCUT2D eigenvalue weighted by Crippen LogP contribution is 2.30. The van der Waals surface area contributed by atoms with Gasteiger partial charge in [0.25, 0.3) is 0 Å². The van der Waals surface area contributed by atoms with Crippen molar-refractivity contribution in [1.29, 1.82) is 0 Å². The van der Waals surface area contributed by atoms with Crippen LogP contribution >= 0.6 is 0 Å². The van der Waals surface area contributed by atoms with E-state index in [1.165, 1.54) is 57.1 Å². The van der Waals surface area contributed by atoms with E-state index in [9.17, 15) is 13.2 Å². The third-order valence-corrected chi connectivity index (χ3v) is 4.01. The maximum Gasteiger partial charge on any atom is 0.407 e. The predicted octanol–water partition coefficient (Wildman–Crippen LogP) is 5.93. The number of benzene rings is 1. The Labute approximate surface area is 132 Å². The molecule has 0 aliphatic carbocycles. The molecule has 0 spiro atoms. The molecule has 0 bridgehead atoms. The summed E-state index contributed by atoms with van der Waals surface area (Å²) in [7, 11) is 0. The van der Waals surface area contributed by atoms with E-state index in [0.717, 1.165) is 18.4 Å². The van der Waals surface area contributed by atoms with Crippen LogP contribution in [0.2, 0.25) is 0 Å². The molecule has 0 radical (unpaired) electrons. The molecule has 0 saturated heterocycles. The van der Waals surface area contributed by atoms with Gasteiger partial charge in [0.15, 0.2) is 0 Å². The van der Waals surface area contributed by atoms with Gasteiger partial charge in [-0.25, -0.2) is 0 Å². The van der Waals surface area contributed by atoms with Crippen LogP contribution in [0.4, 0.5) is 13.2 Å².